The van der Waals surface area contributed by atoms with Crippen LogP contribution in [0.5, 0.6) is 0 Å². The molecule has 2 aromatic rings. The van der Waals surface area contributed by atoms with Gasteiger partial charge in [0.05, 0.1) is 25.3 Å². The highest BCUT2D eigenvalue weighted by Crippen LogP contribution is 2.13. The summed E-state index contributed by atoms with van der Waals surface area (Å²) in [5.74, 6) is -0.341. The lowest BCUT2D eigenvalue weighted by atomic mass is 10.2. The van der Waals surface area contributed by atoms with Gasteiger partial charge in [-0.25, -0.2) is 14.6 Å². The van der Waals surface area contributed by atoms with Crippen molar-refractivity contribution < 1.29 is 18.7 Å². The number of oxazole rings is 1. The van der Waals surface area contributed by atoms with Gasteiger partial charge in [0.15, 0.2) is 5.69 Å². The summed E-state index contributed by atoms with van der Waals surface area (Å²) < 4.78 is 9.89. The quantitative estimate of drug-likeness (QED) is 0.562. The Labute approximate surface area is 157 Å². The molecule has 0 fully saturated rings. The molecule has 0 saturated heterocycles. The van der Waals surface area contributed by atoms with E-state index < -0.39 is 5.97 Å². The van der Waals surface area contributed by atoms with Crippen molar-refractivity contribution in [1.29, 1.82) is 5.26 Å². The molecule has 0 unspecified atom stereocenters. The molecule has 27 heavy (non-hydrogen) atoms. The molecule has 1 aromatic carbocycles. The molecule has 0 radical (unpaired) electrons. The third kappa shape index (κ3) is 5.85. The molecule has 8 nitrogen and oxygen atoms in total. The summed E-state index contributed by atoms with van der Waals surface area (Å²) in [5, 5.41) is 11.6. The van der Waals surface area contributed by atoms with E-state index >= 15 is 0 Å². The molecule has 0 atom stereocenters. The predicted octanol–water partition coefficient (Wildman–Crippen LogP) is 3.56. The second-order valence-corrected chi connectivity index (χ2v) is 5.87. The molecule has 0 aliphatic rings. The fourth-order valence-corrected chi connectivity index (χ4v) is 2.38. The number of ether oxygens (including phenoxy) is 1. The SMILES string of the molecule is CCCCCN(Cc1nc(C(=O)OC)co1)C(=O)Nc1ccc(C#N)cc1. The number of urea groups is 1. The summed E-state index contributed by atoms with van der Waals surface area (Å²) in [4.78, 5) is 29.8. The number of hydrogen-bond donors (Lipinski definition) is 1. The largest absolute Gasteiger partial charge is 0.464 e. The average Bonchev–Trinajstić information content (AvgIpc) is 3.16. The Morgan fingerprint density at radius 1 is 1.30 bits per heavy atom. The van der Waals surface area contributed by atoms with Gasteiger partial charge in [-0.1, -0.05) is 19.8 Å². The molecule has 8 heteroatoms. The number of esters is 1. The fraction of sp³-hybridized carbons (Fsp3) is 0.368. The summed E-state index contributed by atoms with van der Waals surface area (Å²) >= 11 is 0. The minimum Gasteiger partial charge on any atom is -0.464 e. The zero-order valence-electron chi connectivity index (χ0n) is 15.4. The molecule has 0 aliphatic heterocycles. The maximum atomic E-state index is 12.7. The Morgan fingerprint density at radius 3 is 2.67 bits per heavy atom. The summed E-state index contributed by atoms with van der Waals surface area (Å²) in [7, 11) is 1.26. The van der Waals surface area contributed by atoms with Crippen LogP contribution in [-0.2, 0) is 11.3 Å². The number of nitriles is 1. The van der Waals surface area contributed by atoms with Gasteiger partial charge in [-0.2, -0.15) is 5.26 Å². The van der Waals surface area contributed by atoms with Crippen molar-refractivity contribution in [1.82, 2.24) is 9.88 Å². The first-order valence-electron chi connectivity index (χ1n) is 8.66. The smallest absolute Gasteiger partial charge is 0.360 e. The molecule has 1 N–H and O–H groups in total. The van der Waals surface area contributed by atoms with Crippen molar-refractivity contribution in [2.45, 2.75) is 32.7 Å². The Bertz CT molecular complexity index is 808. The van der Waals surface area contributed by atoms with Crippen molar-refractivity contribution in [3.05, 3.63) is 47.7 Å². The van der Waals surface area contributed by atoms with Crippen LogP contribution in [0.3, 0.4) is 0 Å². The van der Waals surface area contributed by atoms with Gasteiger partial charge in [0.25, 0.3) is 0 Å². The van der Waals surface area contributed by atoms with Crippen molar-refractivity contribution in [3.63, 3.8) is 0 Å². The molecule has 142 valence electrons. The standard InChI is InChI=1S/C19H22N4O4/c1-3-4-5-10-23(12-17-22-16(13-27-17)18(24)26-2)19(25)21-15-8-6-14(11-20)7-9-15/h6-9,13H,3-5,10,12H2,1-2H3,(H,21,25). The van der Waals surface area contributed by atoms with Gasteiger partial charge in [-0.15, -0.1) is 0 Å². The number of rotatable bonds is 8. The molecular formula is C19H22N4O4. The highest BCUT2D eigenvalue weighted by molar-refractivity contribution is 5.89. The molecule has 0 aliphatic carbocycles. The summed E-state index contributed by atoms with van der Waals surface area (Å²) in [6.07, 6.45) is 4.06. The first kappa shape index (κ1) is 20.0. The van der Waals surface area contributed by atoms with Crippen molar-refractivity contribution in [2.75, 3.05) is 19.0 Å². The van der Waals surface area contributed by atoms with E-state index in [0.717, 1.165) is 19.3 Å². The molecule has 2 rings (SSSR count). The van der Waals surface area contributed by atoms with E-state index in [4.69, 9.17) is 9.68 Å². The van der Waals surface area contributed by atoms with E-state index in [-0.39, 0.29) is 24.2 Å². The average molecular weight is 370 g/mol. The summed E-state index contributed by atoms with van der Waals surface area (Å²) in [5.41, 5.74) is 1.17. The van der Waals surface area contributed by atoms with Crippen LogP contribution in [0.2, 0.25) is 0 Å². The second kappa shape index (κ2) is 9.97. The third-order valence-electron chi connectivity index (χ3n) is 3.86. The van der Waals surface area contributed by atoms with Crippen molar-refractivity contribution in [2.24, 2.45) is 0 Å². The number of benzene rings is 1. The van der Waals surface area contributed by atoms with Gasteiger partial charge in [-0.3, -0.25) is 0 Å². The van der Waals surface area contributed by atoms with Crippen LogP contribution < -0.4 is 5.32 Å². The first-order valence-corrected chi connectivity index (χ1v) is 8.66. The zero-order chi connectivity index (χ0) is 19.6. The van der Waals surface area contributed by atoms with E-state index in [0.29, 0.717) is 17.8 Å². The van der Waals surface area contributed by atoms with Crippen LogP contribution in [-0.4, -0.2) is 35.5 Å². The predicted molar refractivity (Wildman–Crippen MR) is 98.0 cm³/mol. The van der Waals surface area contributed by atoms with Gasteiger partial charge < -0.3 is 19.4 Å². The van der Waals surface area contributed by atoms with Gasteiger partial charge in [0.1, 0.15) is 6.26 Å². The van der Waals surface area contributed by atoms with Crippen molar-refractivity contribution in [3.8, 4) is 6.07 Å². The minimum absolute atomic E-state index is 0.0634. The van der Waals surface area contributed by atoms with E-state index in [1.165, 1.54) is 13.4 Å². The number of anilines is 1. The number of hydrogen-bond acceptors (Lipinski definition) is 6. The summed E-state index contributed by atoms with van der Waals surface area (Å²) in [6, 6.07) is 8.32. The maximum absolute atomic E-state index is 12.7. The fourth-order valence-electron chi connectivity index (χ4n) is 2.38. The summed E-state index contributed by atoms with van der Waals surface area (Å²) in [6.45, 7) is 2.73. The number of amides is 2. The van der Waals surface area contributed by atoms with Crippen LogP contribution in [0.25, 0.3) is 0 Å². The van der Waals surface area contributed by atoms with E-state index in [1.807, 2.05) is 6.07 Å². The molecular weight excluding hydrogens is 348 g/mol. The van der Waals surface area contributed by atoms with Gasteiger partial charge in [0, 0.05) is 12.2 Å². The van der Waals surface area contributed by atoms with E-state index in [9.17, 15) is 9.59 Å². The van der Waals surface area contributed by atoms with Crippen LogP contribution in [0.4, 0.5) is 10.5 Å². The Kier molecular flexibility index (Phi) is 7.37. The number of nitrogens with one attached hydrogen (secondary N) is 1. The van der Waals surface area contributed by atoms with Gasteiger partial charge in [0.2, 0.25) is 5.89 Å². The molecule has 0 spiro atoms. The number of carbonyl (C=O) groups excluding carboxylic acids is 2. The number of nitrogens with zero attached hydrogens (tertiary/aromatic N) is 3. The Hall–Kier alpha value is -3.34. The van der Waals surface area contributed by atoms with Gasteiger partial charge in [-0.05, 0) is 30.7 Å². The minimum atomic E-state index is -0.593. The van der Waals surface area contributed by atoms with Crippen LogP contribution in [0, 0.1) is 11.3 Å². The van der Waals surface area contributed by atoms with Crippen LogP contribution in [0.15, 0.2) is 34.9 Å². The Balaban J connectivity index is 2.07. The zero-order valence-corrected chi connectivity index (χ0v) is 15.4. The molecule has 2 amide bonds. The van der Waals surface area contributed by atoms with E-state index in [1.54, 1.807) is 29.2 Å². The van der Waals surface area contributed by atoms with Crippen LogP contribution in [0.1, 0.15) is 48.1 Å². The monoisotopic (exact) mass is 370 g/mol. The lowest BCUT2D eigenvalue weighted by Gasteiger charge is -2.21. The third-order valence-corrected chi connectivity index (χ3v) is 3.86. The number of methoxy groups -OCH3 is 1. The topological polar surface area (TPSA) is 108 Å². The lowest BCUT2D eigenvalue weighted by molar-refractivity contribution is 0.0594. The Morgan fingerprint density at radius 2 is 2.04 bits per heavy atom. The molecule has 0 bridgehead atoms. The number of carbonyl (C=O) groups is 2. The second-order valence-electron chi connectivity index (χ2n) is 5.87. The number of aromatic nitrogens is 1. The van der Waals surface area contributed by atoms with Gasteiger partial charge >= 0.3 is 12.0 Å². The first-order chi connectivity index (χ1) is 13.1. The highest BCUT2D eigenvalue weighted by Gasteiger charge is 2.19. The van der Waals surface area contributed by atoms with Crippen LogP contribution >= 0.6 is 0 Å². The molecule has 0 saturated carbocycles. The maximum Gasteiger partial charge on any atom is 0.360 e. The van der Waals surface area contributed by atoms with Crippen molar-refractivity contribution >= 4 is 17.7 Å². The lowest BCUT2D eigenvalue weighted by Crippen LogP contribution is -2.35. The highest BCUT2D eigenvalue weighted by atomic mass is 16.5. The van der Waals surface area contributed by atoms with E-state index in [2.05, 4.69) is 22.0 Å². The normalized spacial score (nSPS) is 10.1. The number of unbranched alkanes of at least 4 members (excludes halogenated alkanes) is 2. The molecule has 1 heterocycles. The molecule has 1 aromatic heterocycles.